The molecule has 4 heteroatoms. The quantitative estimate of drug-likeness (QED) is 0.706. The van der Waals surface area contributed by atoms with E-state index in [-0.39, 0.29) is 11.8 Å². The molecule has 0 radical (unpaired) electrons. The zero-order valence-corrected chi connectivity index (χ0v) is 13.8. The summed E-state index contributed by atoms with van der Waals surface area (Å²) in [5.41, 5.74) is 2.83. The third-order valence-corrected chi connectivity index (χ3v) is 4.08. The van der Waals surface area contributed by atoms with Gasteiger partial charge < -0.3 is 5.32 Å². The minimum atomic E-state index is -0.156. The summed E-state index contributed by atoms with van der Waals surface area (Å²) in [5, 5.41) is 3.37. The molecule has 1 N–H and O–H groups in total. The first-order valence-corrected chi connectivity index (χ1v) is 8.11. The van der Waals surface area contributed by atoms with Gasteiger partial charge in [0.05, 0.1) is 5.56 Å². The van der Waals surface area contributed by atoms with Gasteiger partial charge in [-0.05, 0) is 23.3 Å². The molecule has 1 aromatic heterocycles. The lowest BCUT2D eigenvalue weighted by Crippen LogP contribution is -2.29. The molecule has 1 amide bonds. The van der Waals surface area contributed by atoms with Gasteiger partial charge in [0.2, 0.25) is 0 Å². The van der Waals surface area contributed by atoms with E-state index >= 15 is 0 Å². The smallest absolute Gasteiger partial charge is 0.252 e. The number of hydrogen-bond acceptors (Lipinski definition) is 2. The van der Waals surface area contributed by atoms with E-state index < -0.39 is 0 Å². The van der Waals surface area contributed by atoms with E-state index in [1.165, 1.54) is 17.3 Å². The summed E-state index contributed by atoms with van der Waals surface area (Å²) in [6, 6.07) is 23.6. The first kappa shape index (κ1) is 16.2. The molecule has 3 aromatic rings. The first-order valence-electron chi connectivity index (χ1n) is 7.73. The lowest BCUT2D eigenvalue weighted by molar-refractivity contribution is 0.0952. The van der Waals surface area contributed by atoms with Gasteiger partial charge in [-0.15, -0.1) is 0 Å². The number of rotatable bonds is 5. The van der Waals surface area contributed by atoms with Crippen molar-refractivity contribution in [2.75, 3.05) is 6.54 Å². The maximum atomic E-state index is 12.3. The number of carbonyl (C=O) groups excluding carboxylic acids is 1. The van der Waals surface area contributed by atoms with Crippen molar-refractivity contribution in [2.45, 2.75) is 5.92 Å². The Morgan fingerprint density at radius 3 is 2.00 bits per heavy atom. The van der Waals surface area contributed by atoms with Crippen LogP contribution < -0.4 is 5.32 Å². The Morgan fingerprint density at radius 1 is 0.917 bits per heavy atom. The maximum absolute atomic E-state index is 12.3. The Bertz CT molecular complexity index is 749. The summed E-state index contributed by atoms with van der Waals surface area (Å²) in [6.45, 7) is 0.509. The van der Waals surface area contributed by atoms with Crippen molar-refractivity contribution in [2.24, 2.45) is 0 Å². The summed E-state index contributed by atoms with van der Waals surface area (Å²) >= 11 is 5.76. The summed E-state index contributed by atoms with van der Waals surface area (Å²) in [6.07, 6.45) is 1.48. The van der Waals surface area contributed by atoms with E-state index in [1.807, 2.05) is 36.4 Å². The molecule has 2 aromatic carbocycles. The van der Waals surface area contributed by atoms with Crippen LogP contribution in [0.3, 0.4) is 0 Å². The standard InChI is InChI=1S/C20H17ClN2O/c21-19-12-11-17(13-22-19)20(24)23-14-18(15-7-3-1-4-8-15)16-9-5-2-6-10-16/h1-13,18H,14H2,(H,23,24). The van der Waals surface area contributed by atoms with Crippen molar-refractivity contribution in [1.29, 1.82) is 0 Å². The molecule has 0 atom stereocenters. The van der Waals surface area contributed by atoms with Gasteiger partial charge in [-0.3, -0.25) is 4.79 Å². The van der Waals surface area contributed by atoms with Crippen LogP contribution in [0.25, 0.3) is 0 Å². The summed E-state index contributed by atoms with van der Waals surface area (Å²) in [5.74, 6) is -0.0624. The summed E-state index contributed by atoms with van der Waals surface area (Å²) < 4.78 is 0. The van der Waals surface area contributed by atoms with Gasteiger partial charge in [0.25, 0.3) is 5.91 Å². The third-order valence-electron chi connectivity index (χ3n) is 3.86. The number of pyridine rings is 1. The van der Waals surface area contributed by atoms with Gasteiger partial charge in [-0.1, -0.05) is 72.3 Å². The SMILES string of the molecule is O=C(NCC(c1ccccc1)c1ccccc1)c1ccc(Cl)nc1. The van der Waals surface area contributed by atoms with Crippen LogP contribution in [0.1, 0.15) is 27.4 Å². The van der Waals surface area contributed by atoms with Gasteiger partial charge in [0.1, 0.15) is 5.15 Å². The highest BCUT2D eigenvalue weighted by Crippen LogP contribution is 2.23. The molecule has 0 aliphatic heterocycles. The molecule has 0 saturated heterocycles. The van der Waals surface area contributed by atoms with E-state index in [4.69, 9.17) is 11.6 Å². The molecule has 0 saturated carbocycles. The van der Waals surface area contributed by atoms with Crippen LogP contribution in [0.5, 0.6) is 0 Å². The fraction of sp³-hybridized carbons (Fsp3) is 0.100. The zero-order valence-electron chi connectivity index (χ0n) is 13.0. The molecule has 0 fully saturated rings. The van der Waals surface area contributed by atoms with Crippen molar-refractivity contribution in [3.63, 3.8) is 0 Å². The number of amides is 1. The minimum Gasteiger partial charge on any atom is -0.351 e. The monoisotopic (exact) mass is 336 g/mol. The second-order valence-electron chi connectivity index (χ2n) is 5.45. The highest BCUT2D eigenvalue weighted by molar-refractivity contribution is 6.29. The van der Waals surface area contributed by atoms with Crippen molar-refractivity contribution in [3.8, 4) is 0 Å². The minimum absolute atomic E-state index is 0.0941. The lowest BCUT2D eigenvalue weighted by Gasteiger charge is -2.19. The molecular formula is C20H17ClN2O. The zero-order chi connectivity index (χ0) is 16.8. The molecule has 24 heavy (non-hydrogen) atoms. The molecular weight excluding hydrogens is 320 g/mol. The fourth-order valence-corrected chi connectivity index (χ4v) is 2.72. The molecule has 1 heterocycles. The lowest BCUT2D eigenvalue weighted by atomic mass is 9.91. The van der Waals surface area contributed by atoms with E-state index in [0.29, 0.717) is 17.3 Å². The second kappa shape index (κ2) is 7.75. The van der Waals surface area contributed by atoms with Crippen LogP contribution in [0.2, 0.25) is 5.15 Å². The Morgan fingerprint density at radius 2 is 1.50 bits per heavy atom. The Hall–Kier alpha value is -2.65. The molecule has 120 valence electrons. The molecule has 0 spiro atoms. The highest BCUT2D eigenvalue weighted by Gasteiger charge is 2.15. The molecule has 0 aliphatic rings. The van der Waals surface area contributed by atoms with Crippen molar-refractivity contribution in [3.05, 3.63) is 101 Å². The van der Waals surface area contributed by atoms with Crippen LogP contribution in [0.4, 0.5) is 0 Å². The molecule has 0 bridgehead atoms. The summed E-state index contributed by atoms with van der Waals surface area (Å²) in [7, 11) is 0. The average molecular weight is 337 g/mol. The third kappa shape index (κ3) is 4.00. The number of carbonyl (C=O) groups is 1. The number of halogens is 1. The number of hydrogen-bond donors (Lipinski definition) is 1. The van der Waals surface area contributed by atoms with Gasteiger partial charge in [-0.25, -0.2) is 4.98 Å². The van der Waals surface area contributed by atoms with E-state index in [9.17, 15) is 4.79 Å². The van der Waals surface area contributed by atoms with Gasteiger partial charge >= 0.3 is 0 Å². The predicted molar refractivity (Wildman–Crippen MR) is 96.3 cm³/mol. The van der Waals surface area contributed by atoms with Crippen LogP contribution >= 0.6 is 11.6 Å². The number of nitrogens with zero attached hydrogens (tertiary/aromatic N) is 1. The van der Waals surface area contributed by atoms with Gasteiger partial charge in [-0.2, -0.15) is 0 Å². The maximum Gasteiger partial charge on any atom is 0.252 e. The normalized spacial score (nSPS) is 10.6. The Balaban J connectivity index is 1.77. The van der Waals surface area contributed by atoms with Crippen LogP contribution in [0, 0.1) is 0 Å². The molecule has 0 aliphatic carbocycles. The number of aromatic nitrogens is 1. The molecule has 3 nitrogen and oxygen atoms in total. The van der Waals surface area contributed by atoms with Crippen molar-refractivity contribution >= 4 is 17.5 Å². The van der Waals surface area contributed by atoms with E-state index in [0.717, 1.165) is 0 Å². The molecule has 3 rings (SSSR count). The predicted octanol–water partition coefficient (Wildman–Crippen LogP) is 4.30. The van der Waals surface area contributed by atoms with E-state index in [2.05, 4.69) is 34.6 Å². The topological polar surface area (TPSA) is 42.0 Å². The first-order chi connectivity index (χ1) is 11.7. The number of benzene rings is 2. The number of nitrogens with one attached hydrogen (secondary N) is 1. The fourth-order valence-electron chi connectivity index (χ4n) is 2.61. The Labute approximate surface area is 146 Å². The van der Waals surface area contributed by atoms with Crippen LogP contribution in [-0.4, -0.2) is 17.4 Å². The van der Waals surface area contributed by atoms with Gasteiger partial charge in [0.15, 0.2) is 0 Å². The van der Waals surface area contributed by atoms with Crippen LogP contribution in [-0.2, 0) is 0 Å². The largest absolute Gasteiger partial charge is 0.351 e. The van der Waals surface area contributed by atoms with Gasteiger partial charge in [0, 0.05) is 18.7 Å². The van der Waals surface area contributed by atoms with Crippen molar-refractivity contribution < 1.29 is 4.79 Å². The Kier molecular flexibility index (Phi) is 5.24. The van der Waals surface area contributed by atoms with E-state index in [1.54, 1.807) is 12.1 Å². The summed E-state index contributed by atoms with van der Waals surface area (Å²) in [4.78, 5) is 16.3. The van der Waals surface area contributed by atoms with Crippen LogP contribution in [0.15, 0.2) is 79.0 Å². The van der Waals surface area contributed by atoms with Crippen molar-refractivity contribution in [1.82, 2.24) is 10.3 Å². The average Bonchev–Trinajstić information content (AvgIpc) is 2.64. The highest BCUT2D eigenvalue weighted by atomic mass is 35.5. The second-order valence-corrected chi connectivity index (χ2v) is 5.84. The molecule has 0 unspecified atom stereocenters.